The quantitative estimate of drug-likeness (QED) is 0.720. The fraction of sp³-hybridized carbons (Fsp3) is 0.167. The molecular formula is C12H9BrClIN2O2. The molecule has 0 saturated heterocycles. The predicted molar refractivity (Wildman–Crippen MR) is 86.4 cm³/mol. The Morgan fingerprint density at radius 1 is 1.53 bits per heavy atom. The van der Waals surface area contributed by atoms with Gasteiger partial charge in [-0.25, -0.2) is 4.98 Å². The summed E-state index contributed by atoms with van der Waals surface area (Å²) in [6, 6.07) is 5.40. The topological polar surface area (TPSA) is 55.0 Å². The van der Waals surface area contributed by atoms with Crippen LogP contribution in [0.4, 0.5) is 0 Å². The van der Waals surface area contributed by atoms with Crippen molar-refractivity contribution >= 4 is 50.1 Å². The SMILES string of the molecule is COCc1nc(-c2ccc(Br)cc2Cl)[nH]c(=O)c1I. The molecule has 1 heterocycles. The van der Waals surface area contributed by atoms with Gasteiger partial charge in [-0.3, -0.25) is 4.79 Å². The van der Waals surface area contributed by atoms with Crippen molar-refractivity contribution in [3.63, 3.8) is 0 Å². The summed E-state index contributed by atoms with van der Waals surface area (Å²) < 4.78 is 6.43. The fourth-order valence-electron chi connectivity index (χ4n) is 1.55. The van der Waals surface area contributed by atoms with Gasteiger partial charge < -0.3 is 9.72 Å². The molecule has 0 amide bonds. The van der Waals surface area contributed by atoms with Gasteiger partial charge in [0.25, 0.3) is 5.56 Å². The number of ether oxygens (including phenoxy) is 1. The molecule has 0 atom stereocenters. The van der Waals surface area contributed by atoms with Crippen LogP contribution in [-0.4, -0.2) is 17.1 Å². The molecule has 0 aliphatic heterocycles. The van der Waals surface area contributed by atoms with E-state index in [1.165, 1.54) is 0 Å². The van der Waals surface area contributed by atoms with Crippen LogP contribution in [0.1, 0.15) is 5.69 Å². The molecule has 7 heteroatoms. The largest absolute Gasteiger partial charge is 0.378 e. The zero-order chi connectivity index (χ0) is 14.0. The normalized spacial score (nSPS) is 10.7. The monoisotopic (exact) mass is 454 g/mol. The lowest BCUT2D eigenvalue weighted by Gasteiger charge is -2.08. The maximum Gasteiger partial charge on any atom is 0.264 e. The Morgan fingerprint density at radius 2 is 2.26 bits per heavy atom. The lowest BCUT2D eigenvalue weighted by molar-refractivity contribution is 0.180. The van der Waals surface area contributed by atoms with E-state index in [1.807, 2.05) is 28.7 Å². The molecule has 0 bridgehead atoms. The fourth-order valence-corrected chi connectivity index (χ4v) is 2.72. The highest BCUT2D eigenvalue weighted by Crippen LogP contribution is 2.28. The van der Waals surface area contributed by atoms with Gasteiger partial charge in [-0.2, -0.15) is 0 Å². The first kappa shape index (κ1) is 15.0. The highest BCUT2D eigenvalue weighted by atomic mass is 127. The Kier molecular flexibility index (Phi) is 4.99. The zero-order valence-corrected chi connectivity index (χ0v) is 14.3. The van der Waals surface area contributed by atoms with E-state index in [4.69, 9.17) is 16.3 Å². The molecule has 0 aliphatic rings. The van der Waals surface area contributed by atoms with Crippen LogP contribution in [0, 0.1) is 3.57 Å². The van der Waals surface area contributed by atoms with E-state index in [-0.39, 0.29) is 12.2 Å². The molecule has 1 aromatic carbocycles. The second-order valence-electron chi connectivity index (χ2n) is 3.73. The molecule has 0 fully saturated rings. The molecule has 0 saturated carbocycles. The summed E-state index contributed by atoms with van der Waals surface area (Å²) in [5.74, 6) is 0.440. The van der Waals surface area contributed by atoms with Crippen LogP contribution in [0.15, 0.2) is 27.5 Å². The van der Waals surface area contributed by atoms with Crippen LogP contribution >= 0.6 is 50.1 Å². The number of nitrogens with zero attached hydrogens (tertiary/aromatic N) is 1. The van der Waals surface area contributed by atoms with Gasteiger partial charge in [0.05, 0.1) is 17.3 Å². The Balaban J connectivity index is 2.59. The van der Waals surface area contributed by atoms with Gasteiger partial charge in [-0.1, -0.05) is 27.5 Å². The number of halogens is 3. The van der Waals surface area contributed by atoms with Gasteiger partial charge in [0, 0.05) is 17.1 Å². The molecule has 0 aliphatic carbocycles. The number of hydrogen-bond donors (Lipinski definition) is 1. The van der Waals surface area contributed by atoms with Crippen molar-refractivity contribution in [1.29, 1.82) is 0 Å². The zero-order valence-electron chi connectivity index (χ0n) is 9.84. The second kappa shape index (κ2) is 6.34. The van der Waals surface area contributed by atoms with Crippen LogP contribution in [0.3, 0.4) is 0 Å². The molecule has 1 N–H and O–H groups in total. The van der Waals surface area contributed by atoms with Crippen LogP contribution in [0.5, 0.6) is 0 Å². The van der Waals surface area contributed by atoms with E-state index in [1.54, 1.807) is 19.2 Å². The Morgan fingerprint density at radius 3 is 2.89 bits per heavy atom. The number of hydrogen-bond acceptors (Lipinski definition) is 3. The molecule has 0 spiro atoms. The van der Waals surface area contributed by atoms with Gasteiger partial charge >= 0.3 is 0 Å². The van der Waals surface area contributed by atoms with E-state index in [0.717, 1.165) is 4.47 Å². The second-order valence-corrected chi connectivity index (χ2v) is 6.13. The number of rotatable bonds is 3. The predicted octanol–water partition coefficient (Wildman–Crippen LogP) is 3.60. The van der Waals surface area contributed by atoms with Crippen LogP contribution < -0.4 is 5.56 Å². The van der Waals surface area contributed by atoms with Gasteiger partial charge in [-0.15, -0.1) is 0 Å². The van der Waals surface area contributed by atoms with Crippen molar-refractivity contribution in [2.75, 3.05) is 7.11 Å². The Bertz CT molecular complexity index is 675. The summed E-state index contributed by atoms with van der Waals surface area (Å²) >= 11 is 11.4. The van der Waals surface area contributed by atoms with Gasteiger partial charge in [0.2, 0.25) is 0 Å². The third kappa shape index (κ3) is 3.36. The van der Waals surface area contributed by atoms with E-state index in [2.05, 4.69) is 25.9 Å². The lowest BCUT2D eigenvalue weighted by Crippen LogP contribution is -2.16. The highest BCUT2D eigenvalue weighted by molar-refractivity contribution is 14.1. The minimum Gasteiger partial charge on any atom is -0.378 e. The number of aromatic amines is 1. The average Bonchev–Trinajstić information content (AvgIpc) is 2.35. The molecule has 1 aromatic heterocycles. The van der Waals surface area contributed by atoms with Crippen molar-refractivity contribution in [3.8, 4) is 11.4 Å². The molecule has 2 aromatic rings. The molecule has 19 heavy (non-hydrogen) atoms. The summed E-state index contributed by atoms with van der Waals surface area (Å²) in [7, 11) is 1.56. The summed E-state index contributed by atoms with van der Waals surface area (Å²) in [5, 5.41) is 0.516. The minimum atomic E-state index is -0.198. The Labute approximate surface area is 136 Å². The van der Waals surface area contributed by atoms with E-state index >= 15 is 0 Å². The van der Waals surface area contributed by atoms with Crippen molar-refractivity contribution in [1.82, 2.24) is 9.97 Å². The van der Waals surface area contributed by atoms with Crippen LogP contribution in [-0.2, 0) is 11.3 Å². The molecule has 2 rings (SSSR count). The number of H-pyrrole nitrogens is 1. The standard InChI is InChI=1S/C12H9BrClIN2O2/c1-19-5-9-10(15)12(18)17-11(16-9)7-3-2-6(13)4-8(7)14/h2-4H,5H2,1H3,(H,16,17,18). The first-order chi connectivity index (χ1) is 9.02. The summed E-state index contributed by atoms with van der Waals surface area (Å²) in [5.41, 5.74) is 1.08. The van der Waals surface area contributed by atoms with E-state index < -0.39 is 0 Å². The van der Waals surface area contributed by atoms with E-state index in [9.17, 15) is 4.79 Å². The summed E-state index contributed by atoms with van der Waals surface area (Å²) in [6.45, 7) is 0.281. The molecule has 0 unspecified atom stereocenters. The third-order valence-electron chi connectivity index (χ3n) is 2.40. The first-order valence-electron chi connectivity index (χ1n) is 5.26. The van der Waals surface area contributed by atoms with Crippen LogP contribution in [0.25, 0.3) is 11.4 Å². The minimum absolute atomic E-state index is 0.198. The van der Waals surface area contributed by atoms with Gasteiger partial charge in [0.1, 0.15) is 9.39 Å². The lowest BCUT2D eigenvalue weighted by atomic mass is 10.2. The molecular weight excluding hydrogens is 446 g/mol. The molecule has 0 radical (unpaired) electrons. The van der Waals surface area contributed by atoms with Crippen molar-refractivity contribution < 1.29 is 4.74 Å². The van der Waals surface area contributed by atoms with Gasteiger partial charge in [-0.05, 0) is 40.8 Å². The van der Waals surface area contributed by atoms with Crippen molar-refractivity contribution in [2.24, 2.45) is 0 Å². The third-order valence-corrected chi connectivity index (χ3v) is 4.32. The number of aromatic nitrogens is 2. The Hall–Kier alpha value is -0.440. The van der Waals surface area contributed by atoms with E-state index in [0.29, 0.717) is 25.7 Å². The first-order valence-corrected chi connectivity index (χ1v) is 7.51. The number of methoxy groups -OCH3 is 1. The average molecular weight is 455 g/mol. The van der Waals surface area contributed by atoms with Crippen molar-refractivity contribution in [3.05, 3.63) is 47.3 Å². The maximum absolute atomic E-state index is 11.9. The molecule has 100 valence electrons. The van der Waals surface area contributed by atoms with Crippen LogP contribution in [0.2, 0.25) is 5.02 Å². The highest BCUT2D eigenvalue weighted by Gasteiger charge is 2.12. The maximum atomic E-state index is 11.9. The van der Waals surface area contributed by atoms with Crippen molar-refractivity contribution in [2.45, 2.75) is 6.61 Å². The van der Waals surface area contributed by atoms with Gasteiger partial charge in [0.15, 0.2) is 0 Å². The summed E-state index contributed by atoms with van der Waals surface area (Å²) in [4.78, 5) is 19.0. The number of benzene rings is 1. The summed E-state index contributed by atoms with van der Waals surface area (Å²) in [6.07, 6.45) is 0. The molecule has 4 nitrogen and oxygen atoms in total. The smallest absolute Gasteiger partial charge is 0.264 e. The number of nitrogens with one attached hydrogen (secondary N) is 1.